The molecule has 0 aliphatic heterocycles. The Bertz CT molecular complexity index is 991. The third-order valence-electron chi connectivity index (χ3n) is 4.09. The van der Waals surface area contributed by atoms with Gasteiger partial charge in [0, 0.05) is 11.1 Å². The van der Waals surface area contributed by atoms with Crippen molar-refractivity contribution >= 4 is 17.8 Å². The van der Waals surface area contributed by atoms with Crippen molar-refractivity contribution in [2.45, 2.75) is 19.8 Å². The lowest BCUT2D eigenvalue weighted by Gasteiger charge is -2.09. The number of carboxylic acids is 1. The highest BCUT2D eigenvalue weighted by atomic mass is 16.4. The van der Waals surface area contributed by atoms with Crippen LogP contribution in [0.15, 0.2) is 60.7 Å². The Morgan fingerprint density at radius 3 is 2.48 bits per heavy atom. The molecule has 2 aromatic carbocycles. The van der Waals surface area contributed by atoms with Crippen LogP contribution in [0.2, 0.25) is 0 Å². The van der Waals surface area contributed by atoms with E-state index in [1.807, 2.05) is 49.4 Å². The monoisotopic (exact) mass is 361 g/mol. The van der Waals surface area contributed by atoms with Crippen molar-refractivity contribution < 1.29 is 14.7 Å². The summed E-state index contributed by atoms with van der Waals surface area (Å²) in [6.45, 7) is 1.97. The topological polar surface area (TPSA) is 85.1 Å². The SMILES string of the molecule is CCCc1c(C(=O)O)nnn1-c1ccccc1C=CC(=O)c1ccccc1. The van der Waals surface area contributed by atoms with Crippen LogP contribution < -0.4 is 0 Å². The molecule has 27 heavy (non-hydrogen) atoms. The molecule has 0 atom stereocenters. The first kappa shape index (κ1) is 18.3. The van der Waals surface area contributed by atoms with Crippen molar-refractivity contribution in [1.82, 2.24) is 15.0 Å². The Labute approximate surface area is 156 Å². The number of carbonyl (C=O) groups is 2. The maximum atomic E-state index is 12.3. The largest absolute Gasteiger partial charge is 0.476 e. The van der Waals surface area contributed by atoms with Crippen molar-refractivity contribution in [1.29, 1.82) is 0 Å². The first-order valence-electron chi connectivity index (χ1n) is 8.66. The molecule has 0 unspecified atom stereocenters. The average Bonchev–Trinajstić information content (AvgIpc) is 3.11. The van der Waals surface area contributed by atoms with Gasteiger partial charge in [-0.3, -0.25) is 4.79 Å². The molecule has 6 nitrogen and oxygen atoms in total. The zero-order valence-corrected chi connectivity index (χ0v) is 14.9. The van der Waals surface area contributed by atoms with E-state index in [0.29, 0.717) is 23.4 Å². The van der Waals surface area contributed by atoms with Crippen molar-refractivity contribution in [3.05, 3.63) is 83.2 Å². The molecular formula is C21H19N3O3. The molecule has 0 saturated carbocycles. The van der Waals surface area contributed by atoms with Crippen molar-refractivity contribution in [2.75, 3.05) is 0 Å². The minimum absolute atomic E-state index is 0.0454. The third-order valence-corrected chi connectivity index (χ3v) is 4.09. The Kier molecular flexibility index (Phi) is 5.56. The van der Waals surface area contributed by atoms with E-state index in [9.17, 15) is 14.7 Å². The second kappa shape index (κ2) is 8.23. The summed E-state index contributed by atoms with van der Waals surface area (Å²) in [7, 11) is 0. The molecule has 0 aliphatic rings. The number of carboxylic acid groups (broad SMARTS) is 1. The molecule has 0 fully saturated rings. The van der Waals surface area contributed by atoms with Gasteiger partial charge in [-0.1, -0.05) is 67.1 Å². The number of hydrogen-bond acceptors (Lipinski definition) is 4. The van der Waals surface area contributed by atoms with Gasteiger partial charge >= 0.3 is 5.97 Å². The molecule has 6 heteroatoms. The van der Waals surface area contributed by atoms with Gasteiger partial charge in [0.15, 0.2) is 11.5 Å². The Morgan fingerprint density at radius 2 is 1.78 bits per heavy atom. The Morgan fingerprint density at radius 1 is 1.07 bits per heavy atom. The maximum absolute atomic E-state index is 12.3. The molecule has 0 saturated heterocycles. The van der Waals surface area contributed by atoms with Gasteiger partial charge in [-0.05, 0) is 24.6 Å². The van der Waals surface area contributed by atoms with Crippen LogP contribution in [-0.4, -0.2) is 31.9 Å². The number of carbonyl (C=O) groups excluding carboxylic acids is 1. The van der Waals surface area contributed by atoms with Gasteiger partial charge in [0.05, 0.1) is 11.4 Å². The number of hydrogen-bond donors (Lipinski definition) is 1. The molecule has 0 bridgehead atoms. The summed E-state index contributed by atoms with van der Waals surface area (Å²) in [4.78, 5) is 23.8. The number of ketones is 1. The van der Waals surface area contributed by atoms with Gasteiger partial charge in [0.1, 0.15) is 0 Å². The van der Waals surface area contributed by atoms with E-state index in [1.165, 1.54) is 6.08 Å². The van der Waals surface area contributed by atoms with E-state index in [1.54, 1.807) is 22.9 Å². The van der Waals surface area contributed by atoms with E-state index in [-0.39, 0.29) is 11.5 Å². The third kappa shape index (κ3) is 4.00. The standard InChI is InChI=1S/C21H19N3O3/c1-2-8-18-20(21(26)27)22-23-24(18)17-12-7-6-9-15(17)13-14-19(25)16-10-4-3-5-11-16/h3-7,9-14H,2,8H2,1H3,(H,26,27). The van der Waals surface area contributed by atoms with E-state index in [0.717, 1.165) is 12.0 Å². The maximum Gasteiger partial charge on any atom is 0.358 e. The highest BCUT2D eigenvalue weighted by Crippen LogP contribution is 2.20. The Hall–Kier alpha value is -3.54. The van der Waals surface area contributed by atoms with E-state index >= 15 is 0 Å². The molecule has 0 aliphatic carbocycles. The molecule has 3 aromatic rings. The normalized spacial score (nSPS) is 11.0. The number of aromatic carboxylic acids is 1. The summed E-state index contributed by atoms with van der Waals surface area (Å²) in [5, 5.41) is 17.2. The number of rotatable bonds is 7. The average molecular weight is 361 g/mol. The van der Waals surface area contributed by atoms with Crippen LogP contribution >= 0.6 is 0 Å². The molecule has 136 valence electrons. The number of benzene rings is 2. The molecule has 0 amide bonds. The minimum Gasteiger partial charge on any atom is -0.476 e. The summed E-state index contributed by atoms with van der Waals surface area (Å²) in [6.07, 6.45) is 4.51. The minimum atomic E-state index is -1.10. The summed E-state index contributed by atoms with van der Waals surface area (Å²) >= 11 is 0. The summed E-state index contributed by atoms with van der Waals surface area (Å²) in [5.41, 5.74) is 2.53. The molecule has 1 aromatic heterocycles. The molecule has 1 heterocycles. The number of nitrogens with zero attached hydrogens (tertiary/aromatic N) is 3. The van der Waals surface area contributed by atoms with Crippen LogP contribution in [0.3, 0.4) is 0 Å². The highest BCUT2D eigenvalue weighted by molar-refractivity contribution is 6.06. The van der Waals surface area contributed by atoms with Crippen molar-refractivity contribution in [3.63, 3.8) is 0 Å². The number of aromatic nitrogens is 3. The van der Waals surface area contributed by atoms with Crippen LogP contribution in [0, 0.1) is 0 Å². The van der Waals surface area contributed by atoms with Crippen LogP contribution in [0.1, 0.15) is 45.4 Å². The quantitative estimate of drug-likeness (QED) is 0.511. The van der Waals surface area contributed by atoms with Gasteiger partial charge in [-0.2, -0.15) is 0 Å². The van der Waals surface area contributed by atoms with Crippen LogP contribution in [0.25, 0.3) is 11.8 Å². The lowest BCUT2D eigenvalue weighted by Crippen LogP contribution is -2.08. The lowest BCUT2D eigenvalue weighted by atomic mass is 10.1. The molecule has 3 rings (SSSR count). The number of para-hydroxylation sites is 1. The number of allylic oxidation sites excluding steroid dienone is 1. The summed E-state index contributed by atoms with van der Waals surface area (Å²) in [6, 6.07) is 16.4. The van der Waals surface area contributed by atoms with Gasteiger partial charge < -0.3 is 5.11 Å². The zero-order valence-electron chi connectivity index (χ0n) is 14.9. The van der Waals surface area contributed by atoms with Crippen molar-refractivity contribution in [2.24, 2.45) is 0 Å². The molecule has 0 spiro atoms. The second-order valence-electron chi connectivity index (χ2n) is 5.97. The second-order valence-corrected chi connectivity index (χ2v) is 5.97. The summed E-state index contributed by atoms with van der Waals surface area (Å²) in [5.74, 6) is -1.21. The molecular weight excluding hydrogens is 342 g/mol. The van der Waals surface area contributed by atoms with E-state index in [2.05, 4.69) is 10.3 Å². The lowest BCUT2D eigenvalue weighted by molar-refractivity contribution is 0.0689. The van der Waals surface area contributed by atoms with Crippen molar-refractivity contribution in [3.8, 4) is 5.69 Å². The fourth-order valence-electron chi connectivity index (χ4n) is 2.81. The molecule has 1 N–H and O–H groups in total. The van der Waals surface area contributed by atoms with Crippen LogP contribution in [-0.2, 0) is 6.42 Å². The predicted molar refractivity (Wildman–Crippen MR) is 102 cm³/mol. The highest BCUT2D eigenvalue weighted by Gasteiger charge is 2.20. The van der Waals surface area contributed by atoms with E-state index < -0.39 is 5.97 Å². The predicted octanol–water partition coefficient (Wildman–Crippen LogP) is 3.81. The molecule has 0 radical (unpaired) electrons. The van der Waals surface area contributed by atoms with Gasteiger partial charge in [-0.25, -0.2) is 9.48 Å². The fraction of sp³-hybridized carbons (Fsp3) is 0.143. The van der Waals surface area contributed by atoms with Gasteiger partial charge in [0.2, 0.25) is 0 Å². The Balaban J connectivity index is 1.99. The summed E-state index contributed by atoms with van der Waals surface area (Å²) < 4.78 is 1.54. The van der Waals surface area contributed by atoms with Crippen LogP contribution in [0.5, 0.6) is 0 Å². The van der Waals surface area contributed by atoms with Gasteiger partial charge in [-0.15, -0.1) is 5.10 Å². The zero-order chi connectivity index (χ0) is 19.2. The fourth-order valence-corrected chi connectivity index (χ4v) is 2.81. The first-order valence-corrected chi connectivity index (χ1v) is 8.66. The first-order chi connectivity index (χ1) is 13.1. The van der Waals surface area contributed by atoms with Gasteiger partial charge in [0.25, 0.3) is 0 Å². The van der Waals surface area contributed by atoms with E-state index in [4.69, 9.17) is 0 Å². The smallest absolute Gasteiger partial charge is 0.358 e. The van der Waals surface area contributed by atoms with Crippen LogP contribution in [0.4, 0.5) is 0 Å².